The van der Waals surface area contributed by atoms with Crippen molar-refractivity contribution in [2.24, 2.45) is 0 Å². The third kappa shape index (κ3) is 4.95. The Morgan fingerprint density at radius 1 is 0.889 bits per heavy atom. The molecular formula is C27H20F3N5O. The summed E-state index contributed by atoms with van der Waals surface area (Å²) in [4.78, 5) is 30.1. The number of aromatic nitrogens is 4. The van der Waals surface area contributed by atoms with Gasteiger partial charge in [-0.1, -0.05) is 36.4 Å². The number of fused-ring (bicyclic) bond motifs is 1. The van der Waals surface area contributed by atoms with Crippen LogP contribution in [0.1, 0.15) is 16.7 Å². The molecule has 3 aromatic heterocycles. The van der Waals surface area contributed by atoms with Gasteiger partial charge in [0.15, 0.2) is 0 Å². The van der Waals surface area contributed by atoms with Gasteiger partial charge in [0, 0.05) is 35.9 Å². The van der Waals surface area contributed by atoms with Gasteiger partial charge in [0.25, 0.3) is 0 Å². The Morgan fingerprint density at radius 3 is 2.42 bits per heavy atom. The van der Waals surface area contributed by atoms with Crippen molar-refractivity contribution in [2.75, 3.05) is 4.90 Å². The molecule has 5 aromatic rings. The highest BCUT2D eigenvalue weighted by atomic mass is 19.4. The molecule has 3 heterocycles. The van der Waals surface area contributed by atoms with E-state index in [1.165, 1.54) is 11.1 Å². The van der Waals surface area contributed by atoms with Gasteiger partial charge in [-0.05, 0) is 40.3 Å². The van der Waals surface area contributed by atoms with Crippen LogP contribution in [0, 0.1) is 0 Å². The number of hydrogen-bond donors (Lipinski definition) is 1. The summed E-state index contributed by atoms with van der Waals surface area (Å²) in [7, 11) is 0. The van der Waals surface area contributed by atoms with Crippen molar-refractivity contribution in [3.05, 3.63) is 109 Å². The second kappa shape index (κ2) is 9.61. The molecule has 6 nitrogen and oxygen atoms in total. The molecule has 0 unspecified atom stereocenters. The number of hydrogen-bond acceptors (Lipinski definition) is 4. The second-order valence-corrected chi connectivity index (χ2v) is 8.27. The maximum Gasteiger partial charge on any atom is 0.417 e. The quantitative estimate of drug-likeness (QED) is 0.328. The summed E-state index contributed by atoms with van der Waals surface area (Å²) >= 11 is 0. The van der Waals surface area contributed by atoms with Crippen molar-refractivity contribution in [3.63, 3.8) is 0 Å². The predicted molar refractivity (Wildman–Crippen MR) is 130 cm³/mol. The number of nitrogens with zero attached hydrogens (tertiary/aromatic N) is 4. The van der Waals surface area contributed by atoms with Crippen LogP contribution >= 0.6 is 0 Å². The highest BCUT2D eigenvalue weighted by Gasteiger charge is 2.31. The van der Waals surface area contributed by atoms with Crippen LogP contribution in [-0.4, -0.2) is 25.8 Å². The van der Waals surface area contributed by atoms with Gasteiger partial charge in [0.05, 0.1) is 36.7 Å². The van der Waals surface area contributed by atoms with Crippen molar-refractivity contribution in [1.82, 2.24) is 19.9 Å². The van der Waals surface area contributed by atoms with Crippen LogP contribution in [0.15, 0.2) is 91.9 Å². The first-order valence-electron chi connectivity index (χ1n) is 11.1. The summed E-state index contributed by atoms with van der Waals surface area (Å²) in [6.45, 7) is -0.0721. The van der Waals surface area contributed by atoms with Crippen LogP contribution in [0.5, 0.6) is 0 Å². The molecule has 0 aliphatic heterocycles. The van der Waals surface area contributed by atoms with Gasteiger partial charge in [-0.25, -0.2) is 4.98 Å². The Morgan fingerprint density at radius 2 is 1.67 bits per heavy atom. The van der Waals surface area contributed by atoms with E-state index in [1.807, 2.05) is 36.4 Å². The zero-order valence-corrected chi connectivity index (χ0v) is 18.9. The molecule has 0 bridgehead atoms. The Bertz CT molecular complexity index is 1490. The molecule has 1 amide bonds. The molecule has 0 saturated carbocycles. The monoisotopic (exact) mass is 487 g/mol. The van der Waals surface area contributed by atoms with Crippen LogP contribution in [0.4, 0.5) is 18.9 Å². The highest BCUT2D eigenvalue weighted by Crippen LogP contribution is 2.30. The minimum absolute atomic E-state index is 0.0308. The number of amides is 1. The predicted octanol–water partition coefficient (Wildman–Crippen LogP) is 5.81. The molecule has 5 rings (SSSR count). The largest absolute Gasteiger partial charge is 0.417 e. The topological polar surface area (TPSA) is 74.8 Å². The van der Waals surface area contributed by atoms with E-state index in [-0.39, 0.29) is 24.4 Å². The number of imidazole rings is 1. The van der Waals surface area contributed by atoms with E-state index < -0.39 is 11.7 Å². The summed E-state index contributed by atoms with van der Waals surface area (Å²) in [5.41, 5.74) is 2.37. The SMILES string of the molecule is O=C(Cc1cncc2ccccc12)N(Cc1cncc(C(F)(F)F)c1)c1ccc(-c2cnc[nH]2)cc1. The molecule has 0 aliphatic carbocycles. The van der Waals surface area contributed by atoms with Crippen molar-refractivity contribution in [2.45, 2.75) is 19.1 Å². The number of halogens is 3. The molecule has 9 heteroatoms. The minimum atomic E-state index is -4.53. The van der Waals surface area contributed by atoms with Crippen molar-refractivity contribution < 1.29 is 18.0 Å². The summed E-state index contributed by atoms with van der Waals surface area (Å²) in [6.07, 6.45) is 4.23. The molecule has 0 spiro atoms. The molecule has 0 atom stereocenters. The summed E-state index contributed by atoms with van der Waals surface area (Å²) in [6, 6.07) is 15.8. The lowest BCUT2D eigenvalue weighted by atomic mass is 10.0. The standard InChI is InChI=1S/C27H20F3N5O/c28-27(29,30)22-9-18(11-31-14-22)16-35(23-7-5-19(6-8-23)25-15-33-17-34-25)26(36)10-21-13-32-12-20-3-1-2-4-24(20)21/h1-9,11-15,17H,10,16H2,(H,33,34). The number of alkyl halides is 3. The smallest absolute Gasteiger partial charge is 0.345 e. The second-order valence-electron chi connectivity index (χ2n) is 8.27. The zero-order chi connectivity index (χ0) is 25.1. The Labute approximate surface area is 204 Å². The van der Waals surface area contributed by atoms with Gasteiger partial charge in [0.1, 0.15) is 0 Å². The molecule has 0 radical (unpaired) electrons. The number of pyridine rings is 2. The van der Waals surface area contributed by atoms with Crippen molar-refractivity contribution in [1.29, 1.82) is 0 Å². The van der Waals surface area contributed by atoms with Gasteiger partial charge in [-0.3, -0.25) is 14.8 Å². The van der Waals surface area contributed by atoms with E-state index in [9.17, 15) is 18.0 Å². The van der Waals surface area contributed by atoms with Crippen LogP contribution in [0.25, 0.3) is 22.0 Å². The Kier molecular flexibility index (Phi) is 6.20. The molecule has 2 aromatic carbocycles. The van der Waals surface area contributed by atoms with Gasteiger partial charge in [-0.15, -0.1) is 0 Å². The molecule has 36 heavy (non-hydrogen) atoms. The maximum absolute atomic E-state index is 13.6. The zero-order valence-electron chi connectivity index (χ0n) is 18.9. The van der Waals surface area contributed by atoms with E-state index in [1.54, 1.807) is 37.1 Å². The fourth-order valence-corrected chi connectivity index (χ4v) is 4.05. The lowest BCUT2D eigenvalue weighted by Gasteiger charge is -2.24. The summed E-state index contributed by atoms with van der Waals surface area (Å²) in [5, 5.41) is 1.80. The maximum atomic E-state index is 13.6. The van der Waals surface area contributed by atoms with Gasteiger partial charge in [-0.2, -0.15) is 13.2 Å². The van der Waals surface area contributed by atoms with Gasteiger partial charge >= 0.3 is 6.18 Å². The summed E-state index contributed by atoms with van der Waals surface area (Å²) in [5.74, 6) is -0.278. The normalized spacial score (nSPS) is 11.5. The lowest BCUT2D eigenvalue weighted by molar-refractivity contribution is -0.137. The number of H-pyrrole nitrogens is 1. The Balaban J connectivity index is 1.49. The number of rotatable bonds is 6. The third-order valence-corrected chi connectivity index (χ3v) is 5.84. The van der Waals surface area contributed by atoms with Crippen LogP contribution in [0.2, 0.25) is 0 Å². The van der Waals surface area contributed by atoms with Gasteiger partial charge < -0.3 is 9.88 Å². The molecule has 180 valence electrons. The van der Waals surface area contributed by atoms with E-state index in [0.29, 0.717) is 5.69 Å². The van der Waals surface area contributed by atoms with Crippen LogP contribution in [-0.2, 0) is 23.9 Å². The number of carbonyl (C=O) groups excluding carboxylic acids is 1. The average Bonchev–Trinajstić information content (AvgIpc) is 3.42. The van der Waals surface area contributed by atoms with E-state index in [2.05, 4.69) is 19.9 Å². The molecular weight excluding hydrogens is 467 g/mol. The number of anilines is 1. The highest BCUT2D eigenvalue weighted by molar-refractivity contribution is 5.97. The van der Waals surface area contributed by atoms with Gasteiger partial charge in [0.2, 0.25) is 5.91 Å². The first-order valence-corrected chi connectivity index (χ1v) is 11.1. The van der Waals surface area contributed by atoms with Crippen LogP contribution in [0.3, 0.4) is 0 Å². The van der Waals surface area contributed by atoms with E-state index in [0.717, 1.165) is 39.9 Å². The van der Waals surface area contributed by atoms with Crippen molar-refractivity contribution >= 4 is 22.4 Å². The fraction of sp³-hybridized carbons (Fsp3) is 0.111. The average molecular weight is 487 g/mol. The molecule has 0 saturated heterocycles. The summed E-state index contributed by atoms with van der Waals surface area (Å²) < 4.78 is 39.8. The van der Waals surface area contributed by atoms with Crippen LogP contribution < -0.4 is 4.90 Å². The lowest BCUT2D eigenvalue weighted by Crippen LogP contribution is -2.32. The first kappa shape index (κ1) is 23.2. The molecule has 0 fully saturated rings. The first-order chi connectivity index (χ1) is 17.4. The van der Waals surface area contributed by atoms with Crippen molar-refractivity contribution in [3.8, 4) is 11.3 Å². The number of benzene rings is 2. The van der Waals surface area contributed by atoms with E-state index in [4.69, 9.17) is 0 Å². The Hall–Kier alpha value is -4.53. The molecule has 0 aliphatic rings. The minimum Gasteiger partial charge on any atom is -0.345 e. The number of nitrogens with one attached hydrogen (secondary N) is 1. The fourth-order valence-electron chi connectivity index (χ4n) is 4.05. The molecule has 1 N–H and O–H groups in total. The number of carbonyl (C=O) groups is 1. The van der Waals surface area contributed by atoms with E-state index >= 15 is 0 Å². The number of aromatic amines is 1. The third-order valence-electron chi connectivity index (χ3n) is 5.84.